The van der Waals surface area contributed by atoms with Crippen LogP contribution >= 0.6 is 15.9 Å². The Morgan fingerprint density at radius 1 is 1.46 bits per heavy atom. The number of rotatable bonds is 1. The molecule has 0 heterocycles. The third-order valence-electron chi connectivity index (χ3n) is 1.51. The fourth-order valence-corrected chi connectivity index (χ4v) is 1.22. The van der Waals surface area contributed by atoms with E-state index in [4.69, 9.17) is 21.0 Å². The number of nitriles is 1. The van der Waals surface area contributed by atoms with Crippen molar-refractivity contribution in [2.75, 3.05) is 0 Å². The van der Waals surface area contributed by atoms with Gasteiger partial charge in [-0.15, -0.1) is 15.9 Å². The average molecular weight is 234 g/mol. The highest BCUT2D eigenvalue weighted by atomic mass is 79.9. The number of nitrogens with zero attached hydrogens (tertiary/aromatic N) is 1. The zero-order chi connectivity index (χ0) is 10.1. The molecule has 4 radical (unpaired) electrons. The van der Waals surface area contributed by atoms with Crippen LogP contribution < -0.4 is 0 Å². The van der Waals surface area contributed by atoms with Gasteiger partial charge in [0.25, 0.3) is 0 Å². The first-order valence-electron chi connectivity index (χ1n) is 3.42. The van der Waals surface area contributed by atoms with Gasteiger partial charge in [0.15, 0.2) is 0 Å². The van der Waals surface area contributed by atoms with Gasteiger partial charge in [-0.1, -0.05) is 6.07 Å². The van der Waals surface area contributed by atoms with Gasteiger partial charge in [-0.05, 0) is 21.8 Å². The van der Waals surface area contributed by atoms with E-state index in [2.05, 4.69) is 15.9 Å². The summed E-state index contributed by atoms with van der Waals surface area (Å²) in [5.74, 6) is -0.596. The molecule has 0 aromatic heterocycles. The summed E-state index contributed by atoms with van der Waals surface area (Å²) in [6.07, 6.45) is 0. The lowest BCUT2D eigenvalue weighted by Crippen LogP contribution is -2.19. The molecule has 0 amide bonds. The molecule has 0 aliphatic rings. The maximum absolute atomic E-state index is 13.2. The number of halogens is 2. The van der Waals surface area contributed by atoms with E-state index in [1.54, 1.807) is 0 Å². The minimum Gasteiger partial charge on any atom is -0.207 e. The third kappa shape index (κ3) is 2.35. The largest absolute Gasteiger partial charge is 0.207 e. The molecule has 0 unspecified atom stereocenters. The zero-order valence-electron chi connectivity index (χ0n) is 6.59. The molecule has 0 aliphatic heterocycles. The van der Waals surface area contributed by atoms with Gasteiger partial charge in [0.05, 0.1) is 27.3 Å². The highest BCUT2D eigenvalue weighted by molar-refractivity contribution is 9.10. The van der Waals surface area contributed by atoms with E-state index in [0.717, 1.165) is 6.07 Å². The van der Waals surface area contributed by atoms with Crippen molar-refractivity contribution in [2.24, 2.45) is 0 Å². The van der Waals surface area contributed by atoms with Gasteiger partial charge in [-0.2, -0.15) is 5.26 Å². The van der Waals surface area contributed by atoms with Crippen molar-refractivity contribution >= 4 is 31.6 Å². The van der Waals surface area contributed by atoms with E-state index in [0.29, 0.717) is 0 Å². The molecule has 5 heteroatoms. The predicted octanol–water partition coefficient (Wildman–Crippen LogP) is 1.54. The number of hydrogen-bond donors (Lipinski definition) is 0. The molecule has 1 rings (SSSR count). The van der Waals surface area contributed by atoms with Crippen LogP contribution in [0.2, 0.25) is 0 Å². The summed E-state index contributed by atoms with van der Waals surface area (Å²) in [7, 11) is 10.8. The maximum Gasteiger partial charge on any atom is 0.127 e. The molecule has 0 fully saturated rings. The van der Waals surface area contributed by atoms with Crippen molar-refractivity contribution in [1.82, 2.24) is 0 Å². The van der Waals surface area contributed by atoms with Crippen molar-refractivity contribution in [3.8, 4) is 6.07 Å². The standard InChI is InChI=1S/C8H3B2BrFN/c9-8(10,11)6-2-1-5(4-13)3-7(6)12/h1-3H. The second kappa shape index (κ2) is 3.55. The molecule has 0 aliphatic carbocycles. The van der Waals surface area contributed by atoms with Crippen molar-refractivity contribution in [2.45, 2.75) is 4.12 Å². The Morgan fingerprint density at radius 3 is 2.46 bits per heavy atom. The van der Waals surface area contributed by atoms with Gasteiger partial charge >= 0.3 is 0 Å². The van der Waals surface area contributed by atoms with Crippen LogP contribution in [0.4, 0.5) is 4.39 Å². The minimum atomic E-state index is -1.40. The predicted molar refractivity (Wildman–Crippen MR) is 53.2 cm³/mol. The lowest BCUT2D eigenvalue weighted by atomic mass is 9.66. The summed E-state index contributed by atoms with van der Waals surface area (Å²) >= 11 is 2.92. The van der Waals surface area contributed by atoms with E-state index in [1.165, 1.54) is 12.1 Å². The van der Waals surface area contributed by atoms with Crippen LogP contribution in [-0.4, -0.2) is 15.7 Å². The quantitative estimate of drug-likeness (QED) is 0.533. The smallest absolute Gasteiger partial charge is 0.127 e. The Labute approximate surface area is 86.9 Å². The maximum atomic E-state index is 13.2. The monoisotopic (exact) mass is 233 g/mol. The van der Waals surface area contributed by atoms with Crippen molar-refractivity contribution in [3.63, 3.8) is 0 Å². The molecule has 0 N–H and O–H groups in total. The fourth-order valence-electron chi connectivity index (χ4n) is 0.895. The number of alkyl halides is 1. The van der Waals surface area contributed by atoms with Crippen LogP contribution in [0.1, 0.15) is 11.1 Å². The van der Waals surface area contributed by atoms with Crippen LogP contribution in [-0.2, 0) is 4.12 Å². The second-order valence-corrected chi connectivity index (χ2v) is 3.89. The summed E-state index contributed by atoms with van der Waals surface area (Å²) < 4.78 is 11.8. The Morgan fingerprint density at radius 2 is 2.08 bits per heavy atom. The Bertz CT molecular complexity index is 367. The van der Waals surface area contributed by atoms with E-state index in [9.17, 15) is 4.39 Å². The normalized spacial score (nSPS) is 10.8. The summed E-state index contributed by atoms with van der Waals surface area (Å²) in [5.41, 5.74) is 0.351. The molecule has 0 spiro atoms. The molecule has 13 heavy (non-hydrogen) atoms. The Balaban J connectivity index is 3.23. The first kappa shape index (κ1) is 10.3. The lowest BCUT2D eigenvalue weighted by Gasteiger charge is -2.18. The zero-order valence-corrected chi connectivity index (χ0v) is 8.18. The van der Waals surface area contributed by atoms with Crippen molar-refractivity contribution in [3.05, 3.63) is 35.1 Å². The van der Waals surface area contributed by atoms with Crippen molar-refractivity contribution in [1.29, 1.82) is 5.26 Å². The van der Waals surface area contributed by atoms with Crippen LogP contribution in [0, 0.1) is 17.1 Å². The molecule has 0 saturated carbocycles. The van der Waals surface area contributed by atoms with Crippen LogP contribution in [0.15, 0.2) is 18.2 Å². The molecular weight excluding hydrogens is 231 g/mol. The van der Waals surface area contributed by atoms with Gasteiger partial charge in [0.1, 0.15) is 5.82 Å². The van der Waals surface area contributed by atoms with Gasteiger partial charge in [0, 0.05) is 0 Å². The Hall–Kier alpha value is -0.750. The lowest BCUT2D eigenvalue weighted by molar-refractivity contribution is 0.613. The van der Waals surface area contributed by atoms with Gasteiger partial charge in [-0.25, -0.2) is 4.39 Å². The third-order valence-corrected chi connectivity index (χ3v) is 1.94. The van der Waals surface area contributed by atoms with Gasteiger partial charge in [0.2, 0.25) is 0 Å². The minimum absolute atomic E-state index is 0.117. The summed E-state index contributed by atoms with van der Waals surface area (Å²) in [6, 6.07) is 5.73. The molecule has 0 bridgehead atoms. The molecule has 1 aromatic rings. The molecule has 0 atom stereocenters. The topological polar surface area (TPSA) is 23.8 Å². The molecule has 0 saturated heterocycles. The van der Waals surface area contributed by atoms with Crippen LogP contribution in [0.3, 0.4) is 0 Å². The van der Waals surface area contributed by atoms with Crippen LogP contribution in [0.5, 0.6) is 0 Å². The fraction of sp³-hybridized carbons (Fsp3) is 0.125. The highest BCUT2D eigenvalue weighted by Gasteiger charge is 2.19. The van der Waals surface area contributed by atoms with E-state index in [1.807, 2.05) is 6.07 Å². The summed E-state index contributed by atoms with van der Waals surface area (Å²) in [5, 5.41) is 8.46. The molecular formula is C8H3B2BrFN. The second-order valence-electron chi connectivity index (χ2n) is 2.57. The van der Waals surface area contributed by atoms with E-state index >= 15 is 0 Å². The Kier molecular flexibility index (Phi) is 2.82. The van der Waals surface area contributed by atoms with E-state index in [-0.39, 0.29) is 11.1 Å². The van der Waals surface area contributed by atoms with Gasteiger partial charge in [-0.3, -0.25) is 0 Å². The summed E-state index contributed by atoms with van der Waals surface area (Å²) in [4.78, 5) is 0. The first-order valence-corrected chi connectivity index (χ1v) is 4.21. The average Bonchev–Trinajstić information content (AvgIpc) is 2.01. The molecule has 1 nitrogen and oxygen atoms in total. The SMILES string of the molecule is [B]C([B])(Br)c1ccc(C#N)cc1F. The first-order chi connectivity index (χ1) is 5.95. The van der Waals surface area contributed by atoms with Crippen molar-refractivity contribution < 1.29 is 4.39 Å². The molecule has 1 aromatic carbocycles. The van der Waals surface area contributed by atoms with Gasteiger partial charge < -0.3 is 0 Å². The highest BCUT2D eigenvalue weighted by Crippen LogP contribution is 2.26. The number of benzene rings is 1. The molecule has 60 valence electrons. The summed E-state index contributed by atoms with van der Waals surface area (Å²) in [6.45, 7) is 0. The van der Waals surface area contributed by atoms with E-state index < -0.39 is 9.94 Å². The van der Waals surface area contributed by atoms with Crippen LogP contribution in [0.25, 0.3) is 0 Å². The number of hydrogen-bond acceptors (Lipinski definition) is 1.